The number of hydrogen-bond acceptors (Lipinski definition) is 2. The molecular weight excluding hydrogens is 250 g/mol. The first-order valence-corrected chi connectivity index (χ1v) is 7.08. The second-order valence-corrected chi connectivity index (χ2v) is 6.03. The highest BCUT2D eigenvalue weighted by molar-refractivity contribution is 6.22. The predicted octanol–water partition coefficient (Wildman–Crippen LogP) is 3.23. The summed E-state index contributed by atoms with van der Waals surface area (Å²) in [7, 11) is 0. The van der Waals surface area contributed by atoms with Gasteiger partial charge < -0.3 is 0 Å². The molecule has 0 spiro atoms. The lowest BCUT2D eigenvalue weighted by Crippen LogP contribution is -2.30. The van der Waals surface area contributed by atoms with Crippen molar-refractivity contribution in [1.29, 1.82) is 0 Å². The van der Waals surface area contributed by atoms with Gasteiger partial charge in [0.2, 0.25) is 11.8 Å². The van der Waals surface area contributed by atoms with E-state index in [9.17, 15) is 9.59 Å². The maximum atomic E-state index is 12.6. The fourth-order valence-corrected chi connectivity index (χ4v) is 3.20. The molecule has 0 N–H and O–H groups in total. The second-order valence-electron chi connectivity index (χ2n) is 6.03. The minimum absolute atomic E-state index is 0.0318. The highest BCUT2D eigenvalue weighted by Gasteiger charge is 2.49. The number of imide groups is 1. The second kappa shape index (κ2) is 4.58. The third kappa shape index (κ3) is 1.89. The Labute approximate surface area is 119 Å². The minimum atomic E-state index is -0.160. The number of nitrogens with zero attached hydrogens (tertiary/aromatic N) is 1. The van der Waals surface area contributed by atoms with Crippen molar-refractivity contribution in [3.05, 3.63) is 41.0 Å². The van der Waals surface area contributed by atoms with Crippen LogP contribution in [0.25, 0.3) is 0 Å². The SMILES string of the molecule is CC1=C(C)C[C@H]2C(=O)N(c3ccc(C)cc3)C(=O)[C@H]2C1. The standard InChI is InChI=1S/C17H19NO2/c1-10-4-6-13(7-5-10)18-16(19)14-8-11(2)12(3)9-15(14)17(18)20/h4-7,14-15H,8-9H2,1-3H3/t14-,15+. The average molecular weight is 269 g/mol. The molecule has 3 heteroatoms. The minimum Gasteiger partial charge on any atom is -0.274 e. The summed E-state index contributed by atoms with van der Waals surface area (Å²) in [5.74, 6) is -0.383. The molecule has 2 aliphatic rings. The first kappa shape index (κ1) is 13.1. The van der Waals surface area contributed by atoms with Crippen molar-refractivity contribution < 1.29 is 9.59 Å². The Morgan fingerprint density at radius 2 is 1.30 bits per heavy atom. The summed E-state index contributed by atoms with van der Waals surface area (Å²) < 4.78 is 0. The summed E-state index contributed by atoms with van der Waals surface area (Å²) >= 11 is 0. The van der Waals surface area contributed by atoms with E-state index in [1.54, 1.807) is 0 Å². The normalized spacial score (nSPS) is 26.2. The van der Waals surface area contributed by atoms with E-state index < -0.39 is 0 Å². The molecule has 1 fully saturated rings. The Hall–Kier alpha value is -1.90. The summed E-state index contributed by atoms with van der Waals surface area (Å²) in [5.41, 5.74) is 4.35. The van der Waals surface area contributed by atoms with Gasteiger partial charge in [0.25, 0.3) is 0 Å². The third-order valence-electron chi connectivity index (χ3n) is 4.63. The highest BCUT2D eigenvalue weighted by Crippen LogP contribution is 2.42. The molecule has 0 radical (unpaired) electrons. The molecule has 3 nitrogen and oxygen atoms in total. The number of allylic oxidation sites excluding steroid dienone is 2. The summed E-state index contributed by atoms with van der Waals surface area (Å²) in [6.45, 7) is 6.13. The molecule has 2 atom stereocenters. The molecule has 3 rings (SSSR count). The van der Waals surface area contributed by atoms with Gasteiger partial charge >= 0.3 is 0 Å². The zero-order chi connectivity index (χ0) is 14.4. The fraction of sp³-hybridized carbons (Fsp3) is 0.412. The van der Waals surface area contributed by atoms with Crippen LogP contribution in [0.3, 0.4) is 0 Å². The largest absolute Gasteiger partial charge is 0.274 e. The number of rotatable bonds is 1. The lowest BCUT2D eigenvalue weighted by molar-refractivity contribution is -0.122. The van der Waals surface area contributed by atoms with Crippen LogP contribution < -0.4 is 4.90 Å². The molecule has 1 aliphatic heterocycles. The smallest absolute Gasteiger partial charge is 0.238 e. The number of hydrogen-bond donors (Lipinski definition) is 0. The quantitative estimate of drug-likeness (QED) is 0.580. The van der Waals surface area contributed by atoms with Gasteiger partial charge in [-0.15, -0.1) is 0 Å². The van der Waals surface area contributed by atoms with Gasteiger partial charge in [0.05, 0.1) is 17.5 Å². The van der Waals surface area contributed by atoms with Gasteiger partial charge in [0.1, 0.15) is 0 Å². The molecule has 1 aromatic carbocycles. The first-order chi connectivity index (χ1) is 9.49. The van der Waals surface area contributed by atoms with E-state index in [4.69, 9.17) is 0 Å². The van der Waals surface area contributed by atoms with Crippen LogP contribution >= 0.6 is 0 Å². The van der Waals surface area contributed by atoms with E-state index >= 15 is 0 Å². The van der Waals surface area contributed by atoms with Crippen molar-refractivity contribution >= 4 is 17.5 Å². The maximum absolute atomic E-state index is 12.6. The first-order valence-electron chi connectivity index (χ1n) is 7.08. The average Bonchev–Trinajstić information content (AvgIpc) is 2.65. The molecule has 1 aliphatic carbocycles. The van der Waals surface area contributed by atoms with Gasteiger partial charge in [-0.05, 0) is 45.7 Å². The molecule has 1 saturated heterocycles. The van der Waals surface area contributed by atoms with Crippen LogP contribution in [0.2, 0.25) is 0 Å². The van der Waals surface area contributed by atoms with Gasteiger partial charge in [0, 0.05) is 0 Å². The van der Waals surface area contributed by atoms with Gasteiger partial charge in [-0.2, -0.15) is 0 Å². The van der Waals surface area contributed by atoms with E-state index in [2.05, 4.69) is 13.8 Å². The van der Waals surface area contributed by atoms with Crippen molar-refractivity contribution in [3.63, 3.8) is 0 Å². The topological polar surface area (TPSA) is 37.4 Å². The van der Waals surface area contributed by atoms with Crippen molar-refractivity contribution in [2.45, 2.75) is 33.6 Å². The summed E-state index contributed by atoms with van der Waals surface area (Å²) in [5, 5.41) is 0. The Morgan fingerprint density at radius 1 is 0.850 bits per heavy atom. The van der Waals surface area contributed by atoms with E-state index in [1.165, 1.54) is 16.0 Å². The fourth-order valence-electron chi connectivity index (χ4n) is 3.20. The molecule has 1 aromatic rings. The molecule has 20 heavy (non-hydrogen) atoms. The van der Waals surface area contributed by atoms with E-state index in [0.29, 0.717) is 5.69 Å². The predicted molar refractivity (Wildman–Crippen MR) is 78.3 cm³/mol. The van der Waals surface area contributed by atoms with Crippen LogP contribution in [0, 0.1) is 18.8 Å². The Kier molecular flexibility index (Phi) is 3.00. The van der Waals surface area contributed by atoms with E-state index in [0.717, 1.165) is 18.4 Å². The molecule has 0 unspecified atom stereocenters. The van der Waals surface area contributed by atoms with Crippen molar-refractivity contribution in [3.8, 4) is 0 Å². The van der Waals surface area contributed by atoms with Crippen LogP contribution in [0.4, 0.5) is 5.69 Å². The molecule has 0 bridgehead atoms. The number of fused-ring (bicyclic) bond motifs is 1. The van der Waals surface area contributed by atoms with E-state index in [1.807, 2.05) is 31.2 Å². The maximum Gasteiger partial charge on any atom is 0.238 e. The molecular formula is C17H19NO2. The van der Waals surface area contributed by atoms with E-state index in [-0.39, 0.29) is 23.7 Å². The summed E-state index contributed by atoms with van der Waals surface area (Å²) in [4.78, 5) is 26.5. The number of aryl methyl sites for hydroxylation is 1. The van der Waals surface area contributed by atoms with Gasteiger partial charge in [-0.25, -0.2) is 0 Å². The van der Waals surface area contributed by atoms with Crippen LogP contribution in [0.1, 0.15) is 32.3 Å². The zero-order valence-electron chi connectivity index (χ0n) is 12.1. The highest BCUT2D eigenvalue weighted by atomic mass is 16.2. The Balaban J connectivity index is 1.95. The van der Waals surface area contributed by atoms with Gasteiger partial charge in [-0.3, -0.25) is 14.5 Å². The number of benzene rings is 1. The van der Waals surface area contributed by atoms with Crippen LogP contribution in [0.15, 0.2) is 35.4 Å². The number of carbonyl (C=O) groups is 2. The molecule has 0 aromatic heterocycles. The van der Waals surface area contributed by atoms with Crippen LogP contribution in [-0.2, 0) is 9.59 Å². The monoisotopic (exact) mass is 269 g/mol. The Bertz CT molecular complexity index is 580. The van der Waals surface area contributed by atoms with Crippen molar-refractivity contribution in [2.24, 2.45) is 11.8 Å². The lowest BCUT2D eigenvalue weighted by Gasteiger charge is -2.23. The third-order valence-corrected chi connectivity index (χ3v) is 4.63. The molecule has 104 valence electrons. The molecule has 1 heterocycles. The van der Waals surface area contributed by atoms with Crippen LogP contribution in [0.5, 0.6) is 0 Å². The van der Waals surface area contributed by atoms with Crippen molar-refractivity contribution in [1.82, 2.24) is 0 Å². The van der Waals surface area contributed by atoms with Gasteiger partial charge in [-0.1, -0.05) is 28.8 Å². The number of anilines is 1. The summed E-state index contributed by atoms with van der Waals surface area (Å²) in [6, 6.07) is 7.59. The summed E-state index contributed by atoms with van der Waals surface area (Å²) in [6.07, 6.45) is 1.45. The molecule has 0 saturated carbocycles. The van der Waals surface area contributed by atoms with Crippen LogP contribution in [-0.4, -0.2) is 11.8 Å². The number of carbonyl (C=O) groups excluding carboxylic acids is 2. The number of amides is 2. The Morgan fingerprint density at radius 3 is 1.75 bits per heavy atom. The zero-order valence-corrected chi connectivity index (χ0v) is 12.1. The van der Waals surface area contributed by atoms with Gasteiger partial charge in [0.15, 0.2) is 0 Å². The molecule has 2 amide bonds. The lowest BCUT2D eigenvalue weighted by atomic mass is 9.78. The van der Waals surface area contributed by atoms with Crippen molar-refractivity contribution in [2.75, 3.05) is 4.90 Å².